The van der Waals surface area contributed by atoms with Gasteiger partial charge in [-0.25, -0.2) is 4.39 Å². The minimum Gasteiger partial charge on any atom is -0.496 e. The predicted molar refractivity (Wildman–Crippen MR) is 73.2 cm³/mol. The van der Waals surface area contributed by atoms with Crippen LogP contribution in [-0.2, 0) is 7.05 Å². The second kappa shape index (κ2) is 4.09. The number of benzene rings is 2. The van der Waals surface area contributed by atoms with E-state index in [1.54, 1.807) is 12.1 Å². The Bertz CT molecular complexity index is 852. The third kappa shape index (κ3) is 1.60. The third-order valence-corrected chi connectivity index (χ3v) is 3.38. The van der Waals surface area contributed by atoms with Crippen LogP contribution in [0.25, 0.3) is 21.8 Å². The van der Waals surface area contributed by atoms with Crippen LogP contribution >= 0.6 is 0 Å². The van der Waals surface area contributed by atoms with Crippen molar-refractivity contribution in [3.8, 4) is 5.75 Å². The molecule has 0 N–H and O–H groups in total. The molecule has 0 unspecified atom stereocenters. The normalized spacial score (nSPS) is 11.1. The van der Waals surface area contributed by atoms with Crippen molar-refractivity contribution in [2.24, 2.45) is 7.05 Å². The zero-order valence-corrected chi connectivity index (χ0v) is 10.6. The Labute approximate surface area is 108 Å². The summed E-state index contributed by atoms with van der Waals surface area (Å²) in [6.07, 6.45) is 0. The second-order valence-electron chi connectivity index (χ2n) is 4.40. The third-order valence-electron chi connectivity index (χ3n) is 3.38. The van der Waals surface area contributed by atoms with Gasteiger partial charge in [0.2, 0.25) is 5.43 Å². The van der Waals surface area contributed by atoms with Crippen LogP contribution in [0.15, 0.2) is 41.2 Å². The van der Waals surface area contributed by atoms with Gasteiger partial charge < -0.3 is 9.30 Å². The molecule has 0 bridgehead atoms. The fourth-order valence-corrected chi connectivity index (χ4v) is 2.44. The van der Waals surface area contributed by atoms with E-state index >= 15 is 0 Å². The number of aryl methyl sites for hydroxylation is 1. The first-order valence-electron chi connectivity index (χ1n) is 5.88. The number of pyridine rings is 1. The maximum Gasteiger partial charge on any atom is 0.201 e. The van der Waals surface area contributed by atoms with Gasteiger partial charge in [-0.2, -0.15) is 0 Å². The van der Waals surface area contributed by atoms with Gasteiger partial charge in [0.25, 0.3) is 0 Å². The van der Waals surface area contributed by atoms with Crippen molar-refractivity contribution in [2.45, 2.75) is 0 Å². The largest absolute Gasteiger partial charge is 0.496 e. The average Bonchev–Trinajstić information content (AvgIpc) is 2.43. The van der Waals surface area contributed by atoms with Crippen LogP contribution in [0.5, 0.6) is 5.75 Å². The Morgan fingerprint density at radius 1 is 1.16 bits per heavy atom. The molecule has 0 aliphatic rings. The van der Waals surface area contributed by atoms with Crippen molar-refractivity contribution in [3.63, 3.8) is 0 Å². The number of methoxy groups -OCH3 is 1. The molecule has 0 spiro atoms. The van der Waals surface area contributed by atoms with Crippen LogP contribution < -0.4 is 10.2 Å². The summed E-state index contributed by atoms with van der Waals surface area (Å²) in [6, 6.07) is 9.65. The Balaban J connectivity index is 2.65. The van der Waals surface area contributed by atoms with Gasteiger partial charge >= 0.3 is 0 Å². The van der Waals surface area contributed by atoms with Crippen molar-refractivity contribution in [1.82, 2.24) is 4.57 Å². The Kier molecular flexibility index (Phi) is 2.52. The van der Waals surface area contributed by atoms with E-state index in [1.165, 1.54) is 19.2 Å². The average molecular weight is 257 g/mol. The fraction of sp³-hybridized carbons (Fsp3) is 0.133. The lowest BCUT2D eigenvalue weighted by Gasteiger charge is -2.12. The van der Waals surface area contributed by atoms with Gasteiger partial charge in [-0.1, -0.05) is 6.07 Å². The molecule has 1 heterocycles. The Hall–Kier alpha value is -2.36. The molecule has 3 rings (SSSR count). The highest BCUT2D eigenvalue weighted by atomic mass is 19.1. The molecule has 0 aliphatic heterocycles. The maximum atomic E-state index is 13.4. The molecule has 0 amide bonds. The van der Waals surface area contributed by atoms with Gasteiger partial charge in [-0.05, 0) is 30.3 Å². The molecule has 2 aromatic carbocycles. The SMILES string of the molecule is COc1cccc2c1c(=O)c1cc(F)ccc1n2C. The molecule has 0 saturated heterocycles. The summed E-state index contributed by atoms with van der Waals surface area (Å²) in [6.45, 7) is 0. The highest BCUT2D eigenvalue weighted by molar-refractivity contribution is 5.96. The quantitative estimate of drug-likeness (QED) is 0.628. The lowest BCUT2D eigenvalue weighted by atomic mass is 10.1. The molecule has 0 saturated carbocycles. The minimum atomic E-state index is -0.418. The van der Waals surface area contributed by atoms with Crippen LogP contribution in [0.2, 0.25) is 0 Å². The minimum absolute atomic E-state index is 0.208. The fourth-order valence-electron chi connectivity index (χ4n) is 2.44. The number of halogens is 1. The van der Waals surface area contributed by atoms with Crippen LogP contribution in [-0.4, -0.2) is 11.7 Å². The van der Waals surface area contributed by atoms with E-state index in [-0.39, 0.29) is 5.43 Å². The van der Waals surface area contributed by atoms with Crippen molar-refractivity contribution in [1.29, 1.82) is 0 Å². The molecular formula is C15H12FNO2. The summed E-state index contributed by atoms with van der Waals surface area (Å²) in [5.74, 6) is 0.0862. The van der Waals surface area contributed by atoms with Crippen molar-refractivity contribution in [2.75, 3.05) is 7.11 Å². The smallest absolute Gasteiger partial charge is 0.201 e. The van der Waals surface area contributed by atoms with Crippen molar-refractivity contribution < 1.29 is 9.13 Å². The number of nitrogens with zero attached hydrogens (tertiary/aromatic N) is 1. The van der Waals surface area contributed by atoms with Crippen LogP contribution in [0.3, 0.4) is 0 Å². The molecule has 0 fully saturated rings. The number of ether oxygens (including phenoxy) is 1. The summed E-state index contributed by atoms with van der Waals surface area (Å²) in [5, 5.41) is 0.838. The van der Waals surface area contributed by atoms with E-state index in [4.69, 9.17) is 4.74 Å². The van der Waals surface area contributed by atoms with Crippen LogP contribution in [0.1, 0.15) is 0 Å². The molecule has 96 valence electrons. The number of hydrogen-bond donors (Lipinski definition) is 0. The molecule has 0 atom stereocenters. The summed E-state index contributed by atoms with van der Waals surface area (Å²) >= 11 is 0. The highest BCUT2D eigenvalue weighted by Crippen LogP contribution is 2.25. The number of fused-ring (bicyclic) bond motifs is 2. The van der Waals surface area contributed by atoms with E-state index < -0.39 is 5.82 Å². The van der Waals surface area contributed by atoms with E-state index in [0.29, 0.717) is 22.0 Å². The Morgan fingerprint density at radius 3 is 2.68 bits per heavy atom. The molecule has 3 nitrogen and oxygen atoms in total. The van der Waals surface area contributed by atoms with Crippen LogP contribution in [0, 0.1) is 5.82 Å². The molecule has 0 aliphatic carbocycles. The molecule has 1 aromatic heterocycles. The number of hydrogen-bond acceptors (Lipinski definition) is 2. The van der Waals surface area contributed by atoms with Gasteiger partial charge in [0.15, 0.2) is 0 Å². The van der Waals surface area contributed by atoms with Gasteiger partial charge in [0.05, 0.1) is 23.5 Å². The van der Waals surface area contributed by atoms with E-state index in [2.05, 4.69) is 0 Å². The first-order valence-corrected chi connectivity index (χ1v) is 5.88. The van der Waals surface area contributed by atoms with Gasteiger partial charge in [0.1, 0.15) is 11.6 Å². The topological polar surface area (TPSA) is 31.2 Å². The monoisotopic (exact) mass is 257 g/mol. The van der Waals surface area contributed by atoms with Gasteiger partial charge in [-0.3, -0.25) is 4.79 Å². The zero-order chi connectivity index (χ0) is 13.6. The lowest BCUT2D eigenvalue weighted by molar-refractivity contribution is 0.419. The summed E-state index contributed by atoms with van der Waals surface area (Å²) < 4.78 is 20.5. The first kappa shape index (κ1) is 11.7. The van der Waals surface area contributed by atoms with Crippen molar-refractivity contribution >= 4 is 21.8 Å². The van der Waals surface area contributed by atoms with Crippen molar-refractivity contribution in [3.05, 3.63) is 52.4 Å². The Morgan fingerprint density at radius 2 is 1.95 bits per heavy atom. The lowest BCUT2D eigenvalue weighted by Crippen LogP contribution is -2.10. The van der Waals surface area contributed by atoms with E-state index in [9.17, 15) is 9.18 Å². The number of rotatable bonds is 1. The highest BCUT2D eigenvalue weighted by Gasteiger charge is 2.12. The van der Waals surface area contributed by atoms with E-state index in [1.807, 2.05) is 23.7 Å². The molecule has 19 heavy (non-hydrogen) atoms. The van der Waals surface area contributed by atoms with Gasteiger partial charge in [0, 0.05) is 12.4 Å². The number of aromatic nitrogens is 1. The maximum absolute atomic E-state index is 13.4. The summed E-state index contributed by atoms with van der Waals surface area (Å²) in [7, 11) is 3.37. The van der Waals surface area contributed by atoms with Crippen LogP contribution in [0.4, 0.5) is 4.39 Å². The second-order valence-corrected chi connectivity index (χ2v) is 4.40. The standard InChI is InChI=1S/C15H12FNO2/c1-17-11-7-6-9(16)8-10(11)15(18)14-12(17)4-3-5-13(14)19-2/h3-8H,1-2H3. The summed E-state index contributed by atoms with van der Waals surface area (Å²) in [4.78, 5) is 12.5. The molecule has 4 heteroatoms. The molecule has 3 aromatic rings. The molecule has 0 radical (unpaired) electrons. The zero-order valence-electron chi connectivity index (χ0n) is 10.6. The van der Waals surface area contributed by atoms with E-state index in [0.717, 1.165) is 5.52 Å². The first-order chi connectivity index (χ1) is 9.13. The predicted octanol–water partition coefficient (Wildman–Crippen LogP) is 2.84. The molecular weight excluding hydrogens is 245 g/mol. The van der Waals surface area contributed by atoms with Gasteiger partial charge in [-0.15, -0.1) is 0 Å². The summed E-state index contributed by atoms with van der Waals surface area (Å²) in [5.41, 5.74) is 1.26.